The fourth-order valence-electron chi connectivity index (χ4n) is 3.17. The highest BCUT2D eigenvalue weighted by Crippen LogP contribution is 2.25. The lowest BCUT2D eigenvalue weighted by Crippen LogP contribution is -2.52. The Morgan fingerprint density at radius 3 is 2.79 bits per heavy atom. The lowest BCUT2D eigenvalue weighted by atomic mass is 10.1. The van der Waals surface area contributed by atoms with Gasteiger partial charge in [0.05, 0.1) is 18.8 Å². The Labute approximate surface area is 140 Å². The van der Waals surface area contributed by atoms with Crippen LogP contribution in [0, 0.1) is 5.92 Å². The van der Waals surface area contributed by atoms with Crippen LogP contribution in [0.25, 0.3) is 10.9 Å². The summed E-state index contributed by atoms with van der Waals surface area (Å²) in [6, 6.07) is 6.81. The molecular formula is C18H22N2O4. The van der Waals surface area contributed by atoms with Crippen molar-refractivity contribution in [2.45, 2.75) is 26.4 Å². The zero-order valence-corrected chi connectivity index (χ0v) is 13.9. The molecule has 1 fully saturated rings. The van der Waals surface area contributed by atoms with E-state index in [9.17, 15) is 14.7 Å². The van der Waals surface area contributed by atoms with Crippen molar-refractivity contribution >= 4 is 22.8 Å². The number of rotatable bonds is 4. The number of amides is 1. The van der Waals surface area contributed by atoms with E-state index in [0.717, 1.165) is 17.4 Å². The summed E-state index contributed by atoms with van der Waals surface area (Å²) in [5.41, 5.74) is 1.55. The summed E-state index contributed by atoms with van der Waals surface area (Å²) in [6.07, 6.45) is 1.85. The van der Waals surface area contributed by atoms with Crippen LogP contribution in [-0.4, -0.2) is 52.3 Å². The fraction of sp³-hybridized carbons (Fsp3) is 0.444. The van der Waals surface area contributed by atoms with E-state index >= 15 is 0 Å². The smallest absolute Gasteiger partial charge is 0.328 e. The second-order valence-corrected chi connectivity index (χ2v) is 6.53. The first kappa shape index (κ1) is 16.5. The Kier molecular flexibility index (Phi) is 4.57. The summed E-state index contributed by atoms with van der Waals surface area (Å²) in [6.45, 7) is 5.74. The molecule has 2 heterocycles. The van der Waals surface area contributed by atoms with Crippen molar-refractivity contribution in [2.75, 3.05) is 19.8 Å². The van der Waals surface area contributed by atoms with Crippen LogP contribution < -0.4 is 0 Å². The molecule has 1 amide bonds. The summed E-state index contributed by atoms with van der Waals surface area (Å²) >= 11 is 0. The van der Waals surface area contributed by atoms with Crippen molar-refractivity contribution in [3.05, 3.63) is 36.0 Å². The van der Waals surface area contributed by atoms with Crippen LogP contribution >= 0.6 is 0 Å². The normalized spacial score (nSPS) is 18.3. The van der Waals surface area contributed by atoms with Crippen molar-refractivity contribution in [3.63, 3.8) is 0 Å². The molecule has 6 nitrogen and oxygen atoms in total. The number of carboxylic acid groups (broad SMARTS) is 1. The molecule has 6 heteroatoms. The Hall–Kier alpha value is -2.34. The quantitative estimate of drug-likeness (QED) is 0.933. The number of carbonyl (C=O) groups excluding carboxylic acids is 1. The molecule has 1 aliphatic heterocycles. The van der Waals surface area contributed by atoms with Gasteiger partial charge in [0.2, 0.25) is 0 Å². The van der Waals surface area contributed by atoms with Crippen molar-refractivity contribution < 1.29 is 19.4 Å². The van der Waals surface area contributed by atoms with Gasteiger partial charge in [-0.25, -0.2) is 4.79 Å². The largest absolute Gasteiger partial charge is 0.480 e. The number of aliphatic carboxylic acids is 1. The average Bonchev–Trinajstić information content (AvgIpc) is 2.92. The molecule has 24 heavy (non-hydrogen) atoms. The molecule has 2 aromatic rings. The Balaban J connectivity index is 2.01. The number of aromatic nitrogens is 1. The van der Waals surface area contributed by atoms with E-state index < -0.39 is 12.0 Å². The standard InChI is InChI=1S/C18H22N2O4/c1-12(2)9-19-10-14(13-5-3-4-6-15(13)19)17(21)20-7-8-24-11-16(20)18(22)23/h3-6,10,12,16H,7-9,11H2,1-2H3,(H,22,23)/t16-/m0/s1. The minimum Gasteiger partial charge on any atom is -0.480 e. The number of nitrogens with zero attached hydrogens (tertiary/aromatic N) is 2. The maximum atomic E-state index is 13.0. The molecule has 1 N–H and O–H groups in total. The number of ether oxygens (including phenoxy) is 1. The summed E-state index contributed by atoms with van der Waals surface area (Å²) in [7, 11) is 0. The highest BCUT2D eigenvalue weighted by atomic mass is 16.5. The van der Waals surface area contributed by atoms with Crippen LogP contribution in [0.3, 0.4) is 0 Å². The zero-order valence-electron chi connectivity index (χ0n) is 13.9. The molecule has 0 spiro atoms. The van der Waals surface area contributed by atoms with Crippen molar-refractivity contribution in [2.24, 2.45) is 5.92 Å². The molecule has 1 atom stereocenters. The monoisotopic (exact) mass is 330 g/mol. The number of carbonyl (C=O) groups is 2. The lowest BCUT2D eigenvalue weighted by molar-refractivity contribution is -0.147. The number of morpholine rings is 1. The zero-order chi connectivity index (χ0) is 17.3. The molecule has 0 aliphatic carbocycles. The highest BCUT2D eigenvalue weighted by molar-refractivity contribution is 6.08. The van der Waals surface area contributed by atoms with Gasteiger partial charge in [-0.3, -0.25) is 4.79 Å². The molecule has 0 saturated carbocycles. The first-order chi connectivity index (χ1) is 11.5. The molecular weight excluding hydrogens is 308 g/mol. The third kappa shape index (κ3) is 3.01. The minimum atomic E-state index is -1.03. The maximum Gasteiger partial charge on any atom is 0.328 e. The highest BCUT2D eigenvalue weighted by Gasteiger charge is 2.34. The summed E-state index contributed by atoms with van der Waals surface area (Å²) in [5.74, 6) is -0.836. The van der Waals surface area contributed by atoms with Crippen LogP contribution in [0.2, 0.25) is 0 Å². The van der Waals surface area contributed by atoms with Gasteiger partial charge >= 0.3 is 5.97 Å². The predicted molar refractivity (Wildman–Crippen MR) is 90.1 cm³/mol. The minimum absolute atomic E-state index is 0.0334. The molecule has 0 bridgehead atoms. The van der Waals surface area contributed by atoms with E-state index in [-0.39, 0.29) is 12.5 Å². The van der Waals surface area contributed by atoms with Crippen LogP contribution in [0.15, 0.2) is 30.5 Å². The first-order valence-electron chi connectivity index (χ1n) is 8.18. The number of para-hydroxylation sites is 1. The van der Waals surface area contributed by atoms with Gasteiger partial charge in [0, 0.05) is 30.2 Å². The molecule has 1 aromatic carbocycles. The average molecular weight is 330 g/mol. The molecule has 1 saturated heterocycles. The van der Waals surface area contributed by atoms with Gasteiger partial charge in [-0.15, -0.1) is 0 Å². The fourth-order valence-corrected chi connectivity index (χ4v) is 3.17. The van der Waals surface area contributed by atoms with E-state index in [1.807, 2.05) is 30.5 Å². The number of hydrogen-bond donors (Lipinski definition) is 1. The topological polar surface area (TPSA) is 71.8 Å². The van der Waals surface area contributed by atoms with Gasteiger partial charge in [0.1, 0.15) is 0 Å². The number of carboxylic acids is 1. The van der Waals surface area contributed by atoms with Crippen LogP contribution in [-0.2, 0) is 16.1 Å². The van der Waals surface area contributed by atoms with Crippen molar-refractivity contribution in [3.8, 4) is 0 Å². The first-order valence-corrected chi connectivity index (χ1v) is 8.18. The molecule has 3 rings (SSSR count). The van der Waals surface area contributed by atoms with Gasteiger partial charge in [0.15, 0.2) is 6.04 Å². The Bertz CT molecular complexity index is 765. The Morgan fingerprint density at radius 2 is 2.08 bits per heavy atom. The van der Waals surface area contributed by atoms with Crippen LogP contribution in [0.1, 0.15) is 24.2 Å². The van der Waals surface area contributed by atoms with E-state index in [1.54, 1.807) is 0 Å². The number of benzene rings is 1. The lowest BCUT2D eigenvalue weighted by Gasteiger charge is -2.32. The van der Waals surface area contributed by atoms with Crippen molar-refractivity contribution in [1.82, 2.24) is 9.47 Å². The van der Waals surface area contributed by atoms with Gasteiger partial charge in [-0.05, 0) is 12.0 Å². The number of hydrogen-bond acceptors (Lipinski definition) is 3. The molecule has 0 unspecified atom stereocenters. The predicted octanol–water partition coefficient (Wildman–Crippen LogP) is 2.22. The Morgan fingerprint density at radius 1 is 1.33 bits per heavy atom. The SMILES string of the molecule is CC(C)Cn1cc(C(=O)N2CCOC[C@H]2C(=O)O)c2ccccc21. The maximum absolute atomic E-state index is 13.0. The summed E-state index contributed by atoms with van der Waals surface area (Å²) in [5, 5.41) is 10.2. The molecule has 1 aromatic heterocycles. The molecule has 1 aliphatic rings. The van der Waals surface area contributed by atoms with Gasteiger partial charge in [-0.2, -0.15) is 0 Å². The van der Waals surface area contributed by atoms with Gasteiger partial charge < -0.3 is 19.3 Å². The van der Waals surface area contributed by atoms with Crippen LogP contribution in [0.4, 0.5) is 0 Å². The second-order valence-electron chi connectivity index (χ2n) is 6.53. The van der Waals surface area contributed by atoms with E-state index in [1.165, 1.54) is 4.90 Å². The third-order valence-electron chi connectivity index (χ3n) is 4.26. The number of fused-ring (bicyclic) bond motifs is 1. The van der Waals surface area contributed by atoms with E-state index in [0.29, 0.717) is 24.6 Å². The summed E-state index contributed by atoms with van der Waals surface area (Å²) < 4.78 is 7.30. The molecule has 0 radical (unpaired) electrons. The molecule has 128 valence electrons. The summed E-state index contributed by atoms with van der Waals surface area (Å²) in [4.78, 5) is 25.9. The van der Waals surface area contributed by atoms with E-state index in [2.05, 4.69) is 18.4 Å². The second kappa shape index (κ2) is 6.65. The van der Waals surface area contributed by atoms with E-state index in [4.69, 9.17) is 4.74 Å². The van der Waals surface area contributed by atoms with Gasteiger partial charge in [-0.1, -0.05) is 32.0 Å². The third-order valence-corrected chi connectivity index (χ3v) is 4.26. The van der Waals surface area contributed by atoms with Gasteiger partial charge in [0.25, 0.3) is 5.91 Å². The van der Waals surface area contributed by atoms with Crippen molar-refractivity contribution in [1.29, 1.82) is 0 Å². The van der Waals surface area contributed by atoms with Crippen LogP contribution in [0.5, 0.6) is 0 Å².